The molecule has 1 aromatic carbocycles. The van der Waals surface area contributed by atoms with Crippen LogP contribution in [0.15, 0.2) is 30.6 Å². The van der Waals surface area contributed by atoms with E-state index < -0.39 is 18.3 Å². The van der Waals surface area contributed by atoms with E-state index in [-0.39, 0.29) is 30.6 Å². The molecule has 192 valence electrons. The van der Waals surface area contributed by atoms with Gasteiger partial charge in [0.2, 0.25) is 0 Å². The van der Waals surface area contributed by atoms with Gasteiger partial charge in [-0.1, -0.05) is 17.7 Å². The smallest absolute Gasteiger partial charge is 0.296 e. The summed E-state index contributed by atoms with van der Waals surface area (Å²) < 4.78 is 34.2. The van der Waals surface area contributed by atoms with E-state index in [1.807, 2.05) is 19.3 Å². The van der Waals surface area contributed by atoms with Gasteiger partial charge in [0.05, 0.1) is 36.0 Å². The first-order valence-electron chi connectivity index (χ1n) is 12.1. The summed E-state index contributed by atoms with van der Waals surface area (Å²) in [7, 11) is 1.84. The van der Waals surface area contributed by atoms with Crippen molar-refractivity contribution in [2.24, 2.45) is 7.05 Å². The summed E-state index contributed by atoms with van der Waals surface area (Å²) in [5.74, 6) is 0.155. The second-order valence-electron chi connectivity index (χ2n) is 9.72. The van der Waals surface area contributed by atoms with Gasteiger partial charge in [0.15, 0.2) is 11.8 Å². The lowest BCUT2D eigenvalue weighted by atomic mass is 10.0. The summed E-state index contributed by atoms with van der Waals surface area (Å²) in [6.45, 7) is 0.511. The molecule has 3 aromatic heterocycles. The van der Waals surface area contributed by atoms with E-state index >= 15 is 4.39 Å². The average Bonchev–Trinajstić information content (AvgIpc) is 3.67. The molecule has 2 aliphatic heterocycles. The molecule has 0 spiro atoms. The van der Waals surface area contributed by atoms with Gasteiger partial charge in [0, 0.05) is 24.4 Å². The Morgan fingerprint density at radius 1 is 1.19 bits per heavy atom. The minimum absolute atomic E-state index is 0.219. The number of aliphatic hydroxyl groups is 1. The van der Waals surface area contributed by atoms with Crippen LogP contribution in [0.5, 0.6) is 6.01 Å². The quantitative estimate of drug-likeness (QED) is 0.363. The number of anilines is 1. The highest BCUT2D eigenvalue weighted by molar-refractivity contribution is 6.33. The number of aromatic amines is 1. The van der Waals surface area contributed by atoms with Crippen molar-refractivity contribution in [1.29, 1.82) is 0 Å². The lowest BCUT2D eigenvalue weighted by molar-refractivity contribution is 0.00706. The lowest BCUT2D eigenvalue weighted by Crippen LogP contribution is -2.34. The van der Waals surface area contributed by atoms with Gasteiger partial charge in [-0.3, -0.25) is 4.68 Å². The second-order valence-corrected chi connectivity index (χ2v) is 10.1. The molecule has 37 heavy (non-hydrogen) atoms. The molecule has 7 rings (SSSR count). The molecule has 0 bridgehead atoms. The SMILES string of the molecule is Cn1cc(-c2cc(F)c3c(c2)CCC3Nc2nc3nc(O[C@@H]4COC5[C@H](O)CO[C@@H]54)[nH]c3cc2Cl)cn1. The Kier molecular flexibility index (Phi) is 5.36. The van der Waals surface area contributed by atoms with Crippen LogP contribution in [-0.2, 0) is 22.9 Å². The molecule has 0 amide bonds. The number of hydrogen-bond acceptors (Lipinski definition) is 8. The first-order chi connectivity index (χ1) is 17.9. The normalized spacial score (nSPS) is 26.5. The molecular formula is C25H24ClFN6O4. The Labute approximate surface area is 215 Å². The fraction of sp³-hybridized carbons (Fsp3) is 0.400. The van der Waals surface area contributed by atoms with E-state index in [1.165, 1.54) is 0 Å². The van der Waals surface area contributed by atoms with Crippen molar-refractivity contribution < 1.29 is 23.7 Å². The van der Waals surface area contributed by atoms with Crippen LogP contribution in [0.4, 0.5) is 10.2 Å². The topological polar surface area (TPSA) is 119 Å². The molecule has 2 fully saturated rings. The first kappa shape index (κ1) is 22.9. The number of benzene rings is 1. The molecule has 2 saturated heterocycles. The van der Waals surface area contributed by atoms with Crippen molar-refractivity contribution in [3.05, 3.63) is 52.6 Å². The summed E-state index contributed by atoms with van der Waals surface area (Å²) in [6.07, 6.45) is 3.25. The number of pyridine rings is 1. The molecule has 3 aliphatic rings. The number of aromatic nitrogens is 5. The maximum Gasteiger partial charge on any atom is 0.296 e. The molecule has 12 heteroatoms. The highest BCUT2D eigenvalue weighted by Crippen LogP contribution is 2.39. The molecule has 3 N–H and O–H groups in total. The predicted molar refractivity (Wildman–Crippen MR) is 132 cm³/mol. The van der Waals surface area contributed by atoms with Crippen molar-refractivity contribution in [2.75, 3.05) is 18.5 Å². The fourth-order valence-electron chi connectivity index (χ4n) is 5.50. The minimum atomic E-state index is -0.657. The molecule has 4 aromatic rings. The Morgan fingerprint density at radius 2 is 2.05 bits per heavy atom. The number of nitrogens with one attached hydrogen (secondary N) is 2. The maximum atomic E-state index is 15.3. The fourth-order valence-corrected chi connectivity index (χ4v) is 5.71. The van der Waals surface area contributed by atoms with E-state index in [4.69, 9.17) is 25.8 Å². The van der Waals surface area contributed by atoms with Crippen molar-refractivity contribution in [1.82, 2.24) is 24.7 Å². The summed E-state index contributed by atoms with van der Waals surface area (Å²) >= 11 is 6.54. The zero-order chi connectivity index (χ0) is 25.3. The lowest BCUT2D eigenvalue weighted by Gasteiger charge is -2.17. The van der Waals surface area contributed by atoms with Gasteiger partial charge in [-0.25, -0.2) is 9.37 Å². The number of ether oxygens (including phenoxy) is 3. The molecule has 5 atom stereocenters. The molecule has 0 saturated carbocycles. The van der Waals surface area contributed by atoms with Gasteiger partial charge in [0.25, 0.3) is 6.01 Å². The van der Waals surface area contributed by atoms with Crippen LogP contribution in [0.25, 0.3) is 22.3 Å². The van der Waals surface area contributed by atoms with Gasteiger partial charge in [0.1, 0.15) is 29.9 Å². The monoisotopic (exact) mass is 526 g/mol. The number of fused-ring (bicyclic) bond motifs is 3. The third-order valence-electron chi connectivity index (χ3n) is 7.26. The van der Waals surface area contributed by atoms with Crippen LogP contribution in [0.1, 0.15) is 23.6 Å². The van der Waals surface area contributed by atoms with E-state index in [1.54, 1.807) is 23.0 Å². The molecule has 1 aliphatic carbocycles. The Hall–Kier alpha value is -3.25. The number of aliphatic hydroxyl groups excluding tert-OH is 1. The van der Waals surface area contributed by atoms with Crippen LogP contribution in [-0.4, -0.2) is 67.5 Å². The molecule has 5 heterocycles. The number of rotatable bonds is 5. The van der Waals surface area contributed by atoms with E-state index in [2.05, 4.69) is 25.4 Å². The Morgan fingerprint density at radius 3 is 2.89 bits per heavy atom. The number of nitrogens with zero attached hydrogens (tertiary/aromatic N) is 4. The number of hydrogen-bond donors (Lipinski definition) is 3. The van der Waals surface area contributed by atoms with Crippen molar-refractivity contribution in [3.8, 4) is 17.1 Å². The van der Waals surface area contributed by atoms with Gasteiger partial charge in [-0.05, 0) is 36.1 Å². The summed E-state index contributed by atoms with van der Waals surface area (Å²) in [5, 5.41) is 17.8. The standard InChI is InChI=1S/C25H24ClFN6O4/c1-33-8-13(7-28-33)12-4-11-2-3-16(20(11)15(27)5-12)29-23-14(26)6-17-24(31-23)32-25(30-17)37-19-10-36-21-18(34)9-35-22(19)21/h4-8,16,18-19,21-22,34H,2-3,9-10H2,1H3,(H2,29,30,31,32)/t16?,18-,19-,21?,22-/m1/s1. The van der Waals surface area contributed by atoms with Gasteiger partial charge in [-0.2, -0.15) is 10.1 Å². The highest BCUT2D eigenvalue weighted by Gasteiger charge is 2.48. The van der Waals surface area contributed by atoms with Crippen molar-refractivity contribution in [3.63, 3.8) is 0 Å². The largest absolute Gasteiger partial charge is 0.456 e. The summed E-state index contributed by atoms with van der Waals surface area (Å²) in [5.41, 5.74) is 4.29. The highest BCUT2D eigenvalue weighted by atomic mass is 35.5. The van der Waals surface area contributed by atoms with Crippen LogP contribution < -0.4 is 10.1 Å². The number of aryl methyl sites for hydroxylation is 2. The zero-order valence-electron chi connectivity index (χ0n) is 19.8. The minimum Gasteiger partial charge on any atom is -0.456 e. The van der Waals surface area contributed by atoms with E-state index in [9.17, 15) is 5.11 Å². The number of H-pyrrole nitrogens is 1. The summed E-state index contributed by atoms with van der Waals surface area (Å²) in [6, 6.07) is 5.28. The van der Waals surface area contributed by atoms with Crippen LogP contribution >= 0.6 is 11.6 Å². The van der Waals surface area contributed by atoms with Crippen molar-refractivity contribution in [2.45, 2.75) is 43.3 Å². The Bertz CT molecular complexity index is 1510. The van der Waals surface area contributed by atoms with Gasteiger partial charge < -0.3 is 29.6 Å². The third-order valence-corrected chi connectivity index (χ3v) is 7.55. The zero-order valence-corrected chi connectivity index (χ0v) is 20.6. The average molecular weight is 527 g/mol. The number of halogens is 2. The predicted octanol–water partition coefficient (Wildman–Crippen LogP) is 3.16. The Balaban J connectivity index is 1.12. The van der Waals surface area contributed by atoms with Gasteiger partial charge >= 0.3 is 0 Å². The molecular weight excluding hydrogens is 503 g/mol. The molecule has 2 unspecified atom stereocenters. The van der Waals surface area contributed by atoms with E-state index in [0.29, 0.717) is 40.6 Å². The second kappa shape index (κ2) is 8.66. The van der Waals surface area contributed by atoms with Gasteiger partial charge in [-0.15, -0.1) is 0 Å². The number of imidazole rings is 1. The molecule has 0 radical (unpaired) electrons. The van der Waals surface area contributed by atoms with Crippen LogP contribution in [0.3, 0.4) is 0 Å². The molecule has 10 nitrogen and oxygen atoms in total. The van der Waals surface area contributed by atoms with E-state index in [0.717, 1.165) is 23.1 Å². The maximum absolute atomic E-state index is 15.3. The van der Waals surface area contributed by atoms with Crippen LogP contribution in [0, 0.1) is 5.82 Å². The summed E-state index contributed by atoms with van der Waals surface area (Å²) in [4.78, 5) is 12.1. The third kappa shape index (κ3) is 3.93. The van der Waals surface area contributed by atoms with Crippen molar-refractivity contribution >= 4 is 28.6 Å². The first-order valence-corrected chi connectivity index (χ1v) is 12.5. The van der Waals surface area contributed by atoms with Crippen LogP contribution in [0.2, 0.25) is 5.02 Å².